The number of amides is 2. The molecule has 2 aromatic carbocycles. The SMILES string of the molecule is CCN(CC)c1ccc(NC(=O)C(C)(C)C(=O)Nc2ccccc2F)cc1. The normalized spacial score (nSPS) is 11.0. The lowest BCUT2D eigenvalue weighted by molar-refractivity contribution is -0.135. The molecule has 0 saturated carbocycles. The van der Waals surface area contributed by atoms with Crippen LogP contribution in [0.2, 0.25) is 0 Å². The summed E-state index contributed by atoms with van der Waals surface area (Å²) in [5.74, 6) is -1.59. The molecule has 5 nitrogen and oxygen atoms in total. The molecule has 27 heavy (non-hydrogen) atoms. The lowest BCUT2D eigenvalue weighted by atomic mass is 9.90. The first-order valence-corrected chi connectivity index (χ1v) is 9.02. The molecule has 2 rings (SSSR count). The Morgan fingerprint density at radius 1 is 0.926 bits per heavy atom. The first-order chi connectivity index (χ1) is 12.8. The summed E-state index contributed by atoms with van der Waals surface area (Å²) in [6, 6.07) is 13.3. The fourth-order valence-electron chi connectivity index (χ4n) is 2.58. The number of hydrogen-bond acceptors (Lipinski definition) is 3. The van der Waals surface area contributed by atoms with Gasteiger partial charge in [0.2, 0.25) is 11.8 Å². The van der Waals surface area contributed by atoms with Crippen molar-refractivity contribution in [1.82, 2.24) is 0 Å². The van der Waals surface area contributed by atoms with E-state index in [1.54, 1.807) is 18.2 Å². The topological polar surface area (TPSA) is 61.4 Å². The predicted octanol–water partition coefficient (Wildman–Crippen LogP) is 4.28. The molecule has 2 amide bonds. The Bertz CT molecular complexity index is 799. The number of nitrogens with one attached hydrogen (secondary N) is 2. The fraction of sp³-hybridized carbons (Fsp3) is 0.333. The van der Waals surface area contributed by atoms with E-state index in [-0.39, 0.29) is 5.69 Å². The number of para-hydroxylation sites is 1. The number of carbonyl (C=O) groups is 2. The van der Waals surface area contributed by atoms with Crippen molar-refractivity contribution in [3.63, 3.8) is 0 Å². The highest BCUT2D eigenvalue weighted by molar-refractivity contribution is 6.14. The van der Waals surface area contributed by atoms with Gasteiger partial charge >= 0.3 is 0 Å². The van der Waals surface area contributed by atoms with E-state index in [0.717, 1.165) is 18.8 Å². The van der Waals surface area contributed by atoms with E-state index in [4.69, 9.17) is 0 Å². The quantitative estimate of drug-likeness (QED) is 0.715. The monoisotopic (exact) mass is 371 g/mol. The minimum Gasteiger partial charge on any atom is -0.372 e. The highest BCUT2D eigenvalue weighted by Crippen LogP contribution is 2.24. The molecule has 0 unspecified atom stereocenters. The van der Waals surface area contributed by atoms with Gasteiger partial charge in [0.05, 0.1) is 5.69 Å². The Morgan fingerprint density at radius 3 is 2.04 bits per heavy atom. The maximum absolute atomic E-state index is 13.7. The van der Waals surface area contributed by atoms with Gasteiger partial charge in [0.15, 0.2) is 0 Å². The number of carbonyl (C=O) groups excluding carboxylic acids is 2. The number of rotatable bonds is 7. The van der Waals surface area contributed by atoms with Crippen molar-refractivity contribution in [2.24, 2.45) is 5.41 Å². The second-order valence-electron chi connectivity index (χ2n) is 6.73. The molecule has 144 valence electrons. The van der Waals surface area contributed by atoms with E-state index >= 15 is 0 Å². The zero-order valence-corrected chi connectivity index (χ0v) is 16.2. The van der Waals surface area contributed by atoms with Gasteiger partial charge in [0, 0.05) is 24.5 Å². The second kappa shape index (κ2) is 8.66. The second-order valence-corrected chi connectivity index (χ2v) is 6.73. The molecule has 0 spiro atoms. The summed E-state index contributed by atoms with van der Waals surface area (Å²) in [6.07, 6.45) is 0. The van der Waals surface area contributed by atoms with Gasteiger partial charge in [-0.3, -0.25) is 9.59 Å². The van der Waals surface area contributed by atoms with Gasteiger partial charge in [-0.2, -0.15) is 0 Å². The Balaban J connectivity index is 2.07. The summed E-state index contributed by atoms with van der Waals surface area (Å²) in [5.41, 5.74) is 0.337. The van der Waals surface area contributed by atoms with Gasteiger partial charge in [0.25, 0.3) is 0 Å². The van der Waals surface area contributed by atoms with Crippen LogP contribution >= 0.6 is 0 Å². The van der Waals surface area contributed by atoms with Crippen molar-refractivity contribution in [1.29, 1.82) is 0 Å². The van der Waals surface area contributed by atoms with E-state index in [9.17, 15) is 14.0 Å². The lowest BCUT2D eigenvalue weighted by Crippen LogP contribution is -2.41. The molecule has 6 heteroatoms. The molecule has 2 N–H and O–H groups in total. The smallest absolute Gasteiger partial charge is 0.239 e. The number of benzene rings is 2. The van der Waals surface area contributed by atoms with Gasteiger partial charge in [-0.25, -0.2) is 4.39 Å². The number of anilines is 3. The maximum Gasteiger partial charge on any atom is 0.239 e. The summed E-state index contributed by atoms with van der Waals surface area (Å²) < 4.78 is 13.7. The molecule has 0 fully saturated rings. The standard InChI is InChI=1S/C21H26FN3O2/c1-5-25(6-2)16-13-11-15(12-14-16)23-19(26)21(3,4)20(27)24-18-10-8-7-9-17(18)22/h7-14H,5-6H2,1-4H3,(H,23,26)(H,24,27). The van der Waals surface area contributed by atoms with Crippen LogP contribution in [0.25, 0.3) is 0 Å². The van der Waals surface area contributed by atoms with Crippen molar-refractivity contribution < 1.29 is 14.0 Å². The van der Waals surface area contributed by atoms with E-state index in [2.05, 4.69) is 29.4 Å². The van der Waals surface area contributed by atoms with E-state index in [1.165, 1.54) is 32.0 Å². The number of hydrogen-bond donors (Lipinski definition) is 2. The molecular weight excluding hydrogens is 345 g/mol. The van der Waals surface area contributed by atoms with Crippen LogP contribution in [0.5, 0.6) is 0 Å². The minimum absolute atomic E-state index is 0.0481. The predicted molar refractivity (Wildman–Crippen MR) is 107 cm³/mol. The third kappa shape index (κ3) is 4.84. The van der Waals surface area contributed by atoms with Crippen LogP contribution in [0.4, 0.5) is 21.5 Å². The molecular formula is C21H26FN3O2. The number of halogens is 1. The third-order valence-electron chi connectivity index (χ3n) is 4.51. The van der Waals surface area contributed by atoms with Gasteiger partial charge in [0.1, 0.15) is 11.2 Å². The summed E-state index contributed by atoms with van der Waals surface area (Å²) in [5, 5.41) is 5.23. The Kier molecular flexibility index (Phi) is 6.55. The zero-order valence-electron chi connectivity index (χ0n) is 16.2. The Hall–Kier alpha value is -2.89. The maximum atomic E-state index is 13.7. The Labute approximate surface area is 159 Å². The highest BCUT2D eigenvalue weighted by atomic mass is 19.1. The molecule has 0 heterocycles. The molecule has 0 radical (unpaired) electrons. The molecule has 0 aliphatic rings. The van der Waals surface area contributed by atoms with Gasteiger partial charge in [-0.05, 0) is 64.1 Å². The highest BCUT2D eigenvalue weighted by Gasteiger charge is 2.36. The van der Waals surface area contributed by atoms with E-state index < -0.39 is 23.0 Å². The first-order valence-electron chi connectivity index (χ1n) is 9.02. The van der Waals surface area contributed by atoms with Crippen molar-refractivity contribution in [2.45, 2.75) is 27.7 Å². The van der Waals surface area contributed by atoms with Crippen LogP contribution < -0.4 is 15.5 Å². The van der Waals surface area contributed by atoms with Crippen molar-refractivity contribution in [3.8, 4) is 0 Å². The largest absolute Gasteiger partial charge is 0.372 e. The van der Waals surface area contributed by atoms with Crippen LogP contribution in [-0.4, -0.2) is 24.9 Å². The van der Waals surface area contributed by atoms with E-state index in [0.29, 0.717) is 5.69 Å². The average Bonchev–Trinajstić information content (AvgIpc) is 2.65. The lowest BCUT2D eigenvalue weighted by Gasteiger charge is -2.24. The Morgan fingerprint density at radius 2 is 1.48 bits per heavy atom. The van der Waals surface area contributed by atoms with Gasteiger partial charge in [-0.1, -0.05) is 12.1 Å². The van der Waals surface area contributed by atoms with Crippen LogP contribution in [0.1, 0.15) is 27.7 Å². The summed E-state index contributed by atoms with van der Waals surface area (Å²) in [6.45, 7) is 8.95. The third-order valence-corrected chi connectivity index (χ3v) is 4.51. The van der Waals surface area contributed by atoms with Crippen LogP contribution in [-0.2, 0) is 9.59 Å². The van der Waals surface area contributed by atoms with Crippen LogP contribution in [0.3, 0.4) is 0 Å². The van der Waals surface area contributed by atoms with Gasteiger partial charge < -0.3 is 15.5 Å². The average molecular weight is 371 g/mol. The summed E-state index contributed by atoms with van der Waals surface area (Å²) in [7, 11) is 0. The van der Waals surface area contributed by atoms with Gasteiger partial charge in [-0.15, -0.1) is 0 Å². The number of nitrogens with zero attached hydrogens (tertiary/aromatic N) is 1. The molecule has 0 saturated heterocycles. The van der Waals surface area contributed by atoms with E-state index in [1.807, 2.05) is 12.1 Å². The van der Waals surface area contributed by atoms with Crippen molar-refractivity contribution in [3.05, 3.63) is 54.3 Å². The van der Waals surface area contributed by atoms with Crippen LogP contribution in [0, 0.1) is 11.2 Å². The molecule has 0 aliphatic heterocycles. The molecule has 0 aromatic heterocycles. The van der Waals surface area contributed by atoms with Crippen LogP contribution in [0.15, 0.2) is 48.5 Å². The van der Waals surface area contributed by atoms with Crippen molar-refractivity contribution in [2.75, 3.05) is 28.6 Å². The summed E-state index contributed by atoms with van der Waals surface area (Å²) in [4.78, 5) is 27.3. The fourth-order valence-corrected chi connectivity index (χ4v) is 2.58. The van der Waals surface area contributed by atoms with Crippen molar-refractivity contribution >= 4 is 28.9 Å². The molecule has 0 bridgehead atoms. The molecule has 0 aliphatic carbocycles. The minimum atomic E-state index is -1.38. The molecule has 2 aromatic rings. The zero-order chi connectivity index (χ0) is 20.0. The first kappa shape index (κ1) is 20.4. The molecule has 0 atom stereocenters. The summed E-state index contributed by atoms with van der Waals surface area (Å²) >= 11 is 0.